The van der Waals surface area contributed by atoms with Crippen molar-refractivity contribution in [2.45, 2.75) is 35.9 Å². The fourth-order valence-corrected chi connectivity index (χ4v) is 5.85. The number of thioether (sulfide) groups is 1. The summed E-state index contributed by atoms with van der Waals surface area (Å²) in [5.74, 6) is 0.775. The zero-order valence-corrected chi connectivity index (χ0v) is 22.7. The second-order valence-electron chi connectivity index (χ2n) is 8.59. The molecular weight excluding hydrogens is 524 g/mol. The van der Waals surface area contributed by atoms with Gasteiger partial charge in [-0.3, -0.25) is 0 Å². The maximum atomic E-state index is 10.0. The maximum Gasteiger partial charge on any atom is 0.223 e. The van der Waals surface area contributed by atoms with Gasteiger partial charge in [0.1, 0.15) is 5.75 Å². The highest BCUT2D eigenvalue weighted by Gasteiger charge is 2.22. The van der Waals surface area contributed by atoms with Gasteiger partial charge in [0.15, 0.2) is 5.16 Å². The first-order valence-electron chi connectivity index (χ1n) is 12.0. The highest BCUT2D eigenvalue weighted by Crippen LogP contribution is 2.34. The molecule has 2 aromatic carbocycles. The summed E-state index contributed by atoms with van der Waals surface area (Å²) in [6.07, 6.45) is 5.87. The van der Waals surface area contributed by atoms with Crippen molar-refractivity contribution in [2.75, 3.05) is 18.4 Å². The molecule has 4 aromatic rings. The van der Waals surface area contributed by atoms with Gasteiger partial charge in [-0.15, -0.1) is 0 Å². The Morgan fingerprint density at radius 1 is 1.16 bits per heavy atom. The number of benzene rings is 2. The molecular formula is C27H27ClN6OS2. The summed E-state index contributed by atoms with van der Waals surface area (Å²) in [5, 5.41) is 17.0. The number of halogens is 1. The number of nitrogens with zero attached hydrogens (tertiary/aromatic N) is 4. The van der Waals surface area contributed by atoms with Crippen LogP contribution >= 0.6 is 35.3 Å². The minimum absolute atomic E-state index is 0.192. The number of nitrogens with one attached hydrogen (secondary N) is 2. The van der Waals surface area contributed by atoms with Crippen molar-refractivity contribution in [2.24, 2.45) is 0 Å². The van der Waals surface area contributed by atoms with Gasteiger partial charge in [0.05, 0.1) is 17.1 Å². The largest absolute Gasteiger partial charge is 0.508 e. The Kier molecular flexibility index (Phi) is 8.35. The highest BCUT2D eigenvalue weighted by molar-refractivity contribution is 8.02. The second-order valence-corrected chi connectivity index (χ2v) is 11.1. The van der Waals surface area contributed by atoms with E-state index in [1.54, 1.807) is 30.3 Å². The number of phenolic OH excluding ortho intramolecular Hbond substituents is 1. The Balaban J connectivity index is 1.35. The van der Waals surface area contributed by atoms with Crippen molar-refractivity contribution in [1.82, 2.24) is 24.2 Å². The summed E-state index contributed by atoms with van der Waals surface area (Å²) in [6, 6.07) is 17.1. The lowest BCUT2D eigenvalue weighted by molar-refractivity contribution is 0.355. The first kappa shape index (κ1) is 25.7. The minimum Gasteiger partial charge on any atom is -0.508 e. The van der Waals surface area contributed by atoms with Crippen LogP contribution in [0.2, 0.25) is 5.02 Å². The number of hydrogen-bond donors (Lipinski definition) is 3. The second kappa shape index (κ2) is 12.0. The third kappa shape index (κ3) is 6.67. The van der Waals surface area contributed by atoms with E-state index in [-0.39, 0.29) is 11.8 Å². The number of H-pyrrole nitrogens is 1. The van der Waals surface area contributed by atoms with Gasteiger partial charge in [0.25, 0.3) is 0 Å². The van der Waals surface area contributed by atoms with E-state index in [1.165, 1.54) is 16.7 Å². The highest BCUT2D eigenvalue weighted by atomic mass is 35.5. The molecule has 1 fully saturated rings. The van der Waals surface area contributed by atoms with Crippen molar-refractivity contribution in [3.8, 4) is 28.4 Å². The van der Waals surface area contributed by atoms with Gasteiger partial charge in [-0.2, -0.15) is 0 Å². The van der Waals surface area contributed by atoms with Gasteiger partial charge in [0, 0.05) is 40.8 Å². The molecule has 2 aromatic heterocycles. The number of imidazole rings is 1. The molecule has 1 saturated heterocycles. The predicted molar refractivity (Wildman–Crippen MR) is 153 cm³/mol. The van der Waals surface area contributed by atoms with Crippen LogP contribution in [0.3, 0.4) is 0 Å². The molecule has 3 heterocycles. The lowest BCUT2D eigenvalue weighted by Crippen LogP contribution is -2.38. The SMILES string of the molecule is C/C=C\Sc1nc(-c2cccc(O)c2)c(-c2ccnc(N[C@@H]3CCCN(Sc4ccc(Cl)cc4)C3)n2)[nH]1. The smallest absolute Gasteiger partial charge is 0.223 e. The summed E-state index contributed by atoms with van der Waals surface area (Å²) in [4.78, 5) is 18.7. The van der Waals surface area contributed by atoms with Crippen LogP contribution in [0.25, 0.3) is 22.6 Å². The van der Waals surface area contributed by atoms with Crippen LogP contribution in [0.15, 0.2) is 82.3 Å². The molecule has 37 heavy (non-hydrogen) atoms. The molecule has 0 spiro atoms. The monoisotopic (exact) mass is 550 g/mol. The molecule has 0 bridgehead atoms. The summed E-state index contributed by atoms with van der Waals surface area (Å²) < 4.78 is 2.37. The van der Waals surface area contributed by atoms with Crippen LogP contribution in [-0.2, 0) is 0 Å². The van der Waals surface area contributed by atoms with E-state index in [4.69, 9.17) is 21.6 Å². The molecule has 1 aliphatic rings. The van der Waals surface area contributed by atoms with E-state index in [2.05, 4.69) is 19.6 Å². The van der Waals surface area contributed by atoms with Crippen LogP contribution in [0.1, 0.15) is 19.8 Å². The number of aromatic amines is 1. The average Bonchev–Trinajstić information content (AvgIpc) is 3.34. The molecule has 5 rings (SSSR count). The fourth-order valence-electron chi connectivity index (χ4n) is 4.13. The molecule has 0 unspecified atom stereocenters. The Labute approximate surface area is 229 Å². The number of rotatable bonds is 8. The summed E-state index contributed by atoms with van der Waals surface area (Å²) >= 11 is 9.28. The molecule has 0 amide bonds. The number of piperidine rings is 1. The number of aromatic hydroxyl groups is 1. The van der Waals surface area contributed by atoms with Gasteiger partial charge in [-0.05, 0) is 79.6 Å². The van der Waals surface area contributed by atoms with Crippen molar-refractivity contribution >= 4 is 41.3 Å². The Morgan fingerprint density at radius 3 is 2.84 bits per heavy atom. The Hall–Kier alpha value is -2.98. The van der Waals surface area contributed by atoms with Crippen LogP contribution in [0.4, 0.5) is 5.95 Å². The third-order valence-electron chi connectivity index (χ3n) is 5.79. The van der Waals surface area contributed by atoms with Crippen LogP contribution in [-0.4, -0.2) is 48.5 Å². The number of hydrogen-bond acceptors (Lipinski definition) is 8. The predicted octanol–water partition coefficient (Wildman–Crippen LogP) is 7.10. The number of anilines is 1. The van der Waals surface area contributed by atoms with E-state index < -0.39 is 0 Å². The van der Waals surface area contributed by atoms with E-state index >= 15 is 0 Å². The molecule has 1 aliphatic heterocycles. The third-order valence-corrected chi connectivity index (χ3v) is 7.94. The quantitative estimate of drug-likeness (QED) is 0.158. The Bertz CT molecular complexity index is 1380. The Morgan fingerprint density at radius 2 is 2.03 bits per heavy atom. The number of aromatic nitrogens is 4. The molecule has 7 nitrogen and oxygen atoms in total. The lowest BCUT2D eigenvalue weighted by atomic mass is 10.1. The minimum atomic E-state index is 0.192. The fraction of sp³-hybridized carbons (Fsp3) is 0.222. The number of allylic oxidation sites excluding steroid dienone is 1. The molecule has 10 heteroatoms. The first-order valence-corrected chi connectivity index (χ1v) is 14.1. The average molecular weight is 551 g/mol. The molecule has 190 valence electrons. The zero-order chi connectivity index (χ0) is 25.6. The number of phenols is 1. The van der Waals surface area contributed by atoms with E-state index in [0.29, 0.717) is 5.95 Å². The molecule has 0 saturated carbocycles. The summed E-state index contributed by atoms with van der Waals surface area (Å²) in [6.45, 7) is 3.87. The van der Waals surface area contributed by atoms with Gasteiger partial charge in [-0.25, -0.2) is 19.3 Å². The van der Waals surface area contributed by atoms with E-state index in [9.17, 15) is 5.11 Å². The van der Waals surface area contributed by atoms with E-state index in [0.717, 1.165) is 58.8 Å². The van der Waals surface area contributed by atoms with Crippen LogP contribution in [0.5, 0.6) is 5.75 Å². The summed E-state index contributed by atoms with van der Waals surface area (Å²) in [5.41, 5.74) is 3.06. The normalized spacial score (nSPS) is 16.3. The molecule has 1 atom stereocenters. The van der Waals surface area contributed by atoms with Gasteiger partial charge in [-0.1, -0.05) is 41.6 Å². The zero-order valence-electron chi connectivity index (χ0n) is 20.3. The van der Waals surface area contributed by atoms with Crippen LogP contribution in [0, 0.1) is 0 Å². The van der Waals surface area contributed by atoms with Gasteiger partial charge >= 0.3 is 0 Å². The topological polar surface area (TPSA) is 90.0 Å². The van der Waals surface area contributed by atoms with Crippen molar-refractivity contribution in [3.05, 3.63) is 77.3 Å². The van der Waals surface area contributed by atoms with Gasteiger partial charge < -0.3 is 15.4 Å². The maximum absolute atomic E-state index is 10.0. The van der Waals surface area contributed by atoms with Crippen LogP contribution < -0.4 is 5.32 Å². The molecule has 3 N–H and O–H groups in total. The van der Waals surface area contributed by atoms with E-state index in [1.807, 2.05) is 60.9 Å². The van der Waals surface area contributed by atoms with Crippen molar-refractivity contribution in [1.29, 1.82) is 0 Å². The standard InChI is InChI=1S/C27H27ClN6OS2/c1-2-15-36-27-32-24(18-5-3-7-21(35)16-18)25(33-27)23-12-13-29-26(31-23)30-20-6-4-14-34(17-20)37-22-10-8-19(28)9-11-22/h2-3,5,7-13,15-16,20,35H,4,6,14,17H2,1H3,(H,32,33)(H,29,30,31)/b15-2-/t20-/m1/s1. The van der Waals surface area contributed by atoms with Crippen molar-refractivity contribution < 1.29 is 5.11 Å². The van der Waals surface area contributed by atoms with Crippen molar-refractivity contribution in [3.63, 3.8) is 0 Å². The molecule has 0 radical (unpaired) electrons. The summed E-state index contributed by atoms with van der Waals surface area (Å²) in [7, 11) is 0. The lowest BCUT2D eigenvalue weighted by Gasteiger charge is -2.32. The molecule has 0 aliphatic carbocycles. The first-order chi connectivity index (χ1) is 18.1. The van der Waals surface area contributed by atoms with Gasteiger partial charge in [0.2, 0.25) is 5.95 Å².